The molecule has 0 saturated heterocycles. The predicted octanol–water partition coefficient (Wildman–Crippen LogP) is 3.91. The number of nitrogens with one attached hydrogen (secondary N) is 1. The first kappa shape index (κ1) is 16.0. The van der Waals surface area contributed by atoms with Crippen molar-refractivity contribution in [3.8, 4) is 0 Å². The molecule has 0 amide bonds. The molecule has 2 aromatic carbocycles. The molecule has 0 bridgehead atoms. The highest BCUT2D eigenvalue weighted by Crippen LogP contribution is 2.19. The maximum atomic E-state index is 12.3. The minimum Gasteiger partial charge on any atom is -0.212 e. The Bertz CT molecular complexity index is 686. The minimum absolute atomic E-state index is 0.0725. The van der Waals surface area contributed by atoms with Gasteiger partial charge in [-0.2, -0.15) is 0 Å². The van der Waals surface area contributed by atoms with E-state index in [0.29, 0.717) is 17.0 Å². The van der Waals surface area contributed by atoms with Crippen LogP contribution in [0.4, 0.5) is 0 Å². The van der Waals surface area contributed by atoms with Crippen molar-refractivity contribution < 1.29 is 8.42 Å². The smallest absolute Gasteiger partial charge is 0.212 e. The molecule has 0 radical (unpaired) electrons. The van der Waals surface area contributed by atoms with Gasteiger partial charge in [0.05, 0.1) is 5.75 Å². The highest BCUT2D eigenvalue weighted by Gasteiger charge is 2.18. The number of rotatable bonds is 6. The van der Waals surface area contributed by atoms with E-state index in [1.807, 2.05) is 37.3 Å². The van der Waals surface area contributed by atoms with Crippen LogP contribution < -0.4 is 4.72 Å². The maximum absolute atomic E-state index is 12.3. The van der Waals surface area contributed by atoms with Gasteiger partial charge in [-0.05, 0) is 29.7 Å². The fourth-order valence-electron chi connectivity index (χ4n) is 2.18. The zero-order valence-corrected chi connectivity index (χ0v) is 13.4. The lowest BCUT2D eigenvalue weighted by Gasteiger charge is -2.17. The molecule has 0 aromatic heterocycles. The Labute approximate surface area is 131 Å². The lowest BCUT2D eigenvalue weighted by molar-refractivity contribution is 0.549. The van der Waals surface area contributed by atoms with Crippen molar-refractivity contribution in [2.75, 3.05) is 0 Å². The Hall–Kier alpha value is -1.36. The van der Waals surface area contributed by atoms with Crippen LogP contribution in [-0.4, -0.2) is 8.42 Å². The van der Waals surface area contributed by atoms with Crippen molar-refractivity contribution in [2.45, 2.75) is 25.1 Å². The summed E-state index contributed by atoms with van der Waals surface area (Å²) < 4.78 is 27.4. The summed E-state index contributed by atoms with van der Waals surface area (Å²) in [5.74, 6) is -0.0725. The molecule has 0 fully saturated rings. The van der Waals surface area contributed by atoms with Crippen LogP contribution in [0.1, 0.15) is 30.5 Å². The summed E-state index contributed by atoms with van der Waals surface area (Å²) >= 11 is 5.89. The van der Waals surface area contributed by atoms with E-state index in [0.717, 1.165) is 5.56 Å². The molecule has 0 spiro atoms. The van der Waals surface area contributed by atoms with E-state index in [-0.39, 0.29) is 11.8 Å². The standard InChI is InChI=1S/C16H18ClNO2S/c1-2-16(14-8-4-3-5-9-14)18-21(19,20)12-13-7-6-10-15(17)11-13/h3-11,16,18H,2,12H2,1H3/t16-/m1/s1. The fourth-order valence-corrected chi connectivity index (χ4v) is 3.83. The molecule has 0 heterocycles. The molecule has 1 atom stereocenters. The van der Waals surface area contributed by atoms with Gasteiger partial charge in [0.1, 0.15) is 0 Å². The third-order valence-electron chi connectivity index (χ3n) is 3.18. The van der Waals surface area contributed by atoms with Crippen molar-refractivity contribution in [1.82, 2.24) is 4.72 Å². The largest absolute Gasteiger partial charge is 0.216 e. The molecule has 2 aromatic rings. The zero-order chi connectivity index (χ0) is 15.3. The molecule has 1 N–H and O–H groups in total. The van der Waals surface area contributed by atoms with Crippen LogP contribution in [-0.2, 0) is 15.8 Å². The Morgan fingerprint density at radius 2 is 1.81 bits per heavy atom. The van der Waals surface area contributed by atoms with Gasteiger partial charge >= 0.3 is 0 Å². The molecule has 0 aliphatic carbocycles. The predicted molar refractivity (Wildman–Crippen MR) is 86.7 cm³/mol. The first-order valence-corrected chi connectivity index (χ1v) is 8.82. The average molecular weight is 324 g/mol. The van der Waals surface area contributed by atoms with Crippen molar-refractivity contribution in [2.24, 2.45) is 0 Å². The van der Waals surface area contributed by atoms with Gasteiger partial charge in [0, 0.05) is 11.1 Å². The molecular weight excluding hydrogens is 306 g/mol. The highest BCUT2D eigenvalue weighted by atomic mass is 35.5. The summed E-state index contributed by atoms with van der Waals surface area (Å²) in [7, 11) is -3.42. The second-order valence-electron chi connectivity index (χ2n) is 4.88. The lowest BCUT2D eigenvalue weighted by Crippen LogP contribution is -2.29. The normalized spacial score (nSPS) is 13.0. The van der Waals surface area contributed by atoms with Crippen LogP contribution in [0.2, 0.25) is 5.02 Å². The second-order valence-corrected chi connectivity index (χ2v) is 7.07. The summed E-state index contributed by atoms with van der Waals surface area (Å²) in [6.07, 6.45) is 0.693. The molecule has 0 saturated carbocycles. The number of hydrogen-bond donors (Lipinski definition) is 1. The fraction of sp³-hybridized carbons (Fsp3) is 0.250. The van der Waals surface area contributed by atoms with E-state index in [1.165, 1.54) is 0 Å². The molecule has 112 valence electrons. The third-order valence-corrected chi connectivity index (χ3v) is 4.77. The summed E-state index contributed by atoms with van der Waals surface area (Å²) in [4.78, 5) is 0. The highest BCUT2D eigenvalue weighted by molar-refractivity contribution is 7.88. The van der Waals surface area contributed by atoms with Crippen molar-refractivity contribution in [3.05, 3.63) is 70.7 Å². The lowest BCUT2D eigenvalue weighted by atomic mass is 10.1. The molecule has 0 aliphatic rings. The van der Waals surface area contributed by atoms with Crippen LogP contribution in [0.3, 0.4) is 0 Å². The van der Waals surface area contributed by atoms with Crippen LogP contribution in [0.25, 0.3) is 0 Å². The van der Waals surface area contributed by atoms with E-state index in [1.54, 1.807) is 24.3 Å². The third kappa shape index (κ3) is 4.84. The Morgan fingerprint density at radius 1 is 1.10 bits per heavy atom. The van der Waals surface area contributed by atoms with Gasteiger partial charge in [-0.25, -0.2) is 13.1 Å². The van der Waals surface area contributed by atoms with Crippen molar-refractivity contribution >= 4 is 21.6 Å². The Balaban J connectivity index is 2.13. The number of hydrogen-bond acceptors (Lipinski definition) is 2. The Morgan fingerprint density at radius 3 is 2.43 bits per heavy atom. The van der Waals surface area contributed by atoms with Gasteiger partial charge in [0.15, 0.2) is 0 Å². The van der Waals surface area contributed by atoms with E-state index < -0.39 is 10.0 Å². The monoisotopic (exact) mass is 323 g/mol. The van der Waals surface area contributed by atoms with Crippen molar-refractivity contribution in [3.63, 3.8) is 0 Å². The quantitative estimate of drug-likeness (QED) is 0.876. The summed E-state index contributed by atoms with van der Waals surface area (Å²) in [6.45, 7) is 1.96. The van der Waals surface area contributed by atoms with Crippen LogP contribution in [0.15, 0.2) is 54.6 Å². The summed E-state index contributed by atoms with van der Waals surface area (Å²) in [6, 6.07) is 16.3. The minimum atomic E-state index is -3.42. The topological polar surface area (TPSA) is 46.2 Å². The second kappa shape index (κ2) is 7.07. The van der Waals surface area contributed by atoms with Crippen LogP contribution in [0, 0.1) is 0 Å². The molecule has 21 heavy (non-hydrogen) atoms. The molecule has 0 unspecified atom stereocenters. The summed E-state index contributed by atoms with van der Waals surface area (Å²) in [5, 5.41) is 0.540. The maximum Gasteiger partial charge on any atom is 0.216 e. The van der Waals surface area contributed by atoms with E-state index in [2.05, 4.69) is 4.72 Å². The van der Waals surface area contributed by atoms with Crippen LogP contribution in [0.5, 0.6) is 0 Å². The van der Waals surface area contributed by atoms with Crippen molar-refractivity contribution in [1.29, 1.82) is 0 Å². The number of halogens is 1. The average Bonchev–Trinajstić information content (AvgIpc) is 2.45. The molecule has 2 rings (SSSR count). The molecule has 0 aliphatic heterocycles. The van der Waals surface area contributed by atoms with Gasteiger partial charge < -0.3 is 0 Å². The van der Waals surface area contributed by atoms with Gasteiger partial charge in [-0.3, -0.25) is 0 Å². The van der Waals surface area contributed by atoms with Gasteiger partial charge in [-0.15, -0.1) is 0 Å². The molecule has 3 nitrogen and oxygen atoms in total. The zero-order valence-electron chi connectivity index (χ0n) is 11.8. The van der Waals surface area contributed by atoms with Crippen LogP contribution >= 0.6 is 11.6 Å². The number of sulfonamides is 1. The first-order chi connectivity index (χ1) is 10.00. The van der Waals surface area contributed by atoms with E-state index >= 15 is 0 Å². The summed E-state index contributed by atoms with van der Waals surface area (Å²) in [5.41, 5.74) is 1.65. The van der Waals surface area contributed by atoms with Gasteiger partial charge in [0.2, 0.25) is 10.0 Å². The van der Waals surface area contributed by atoms with Gasteiger partial charge in [0.25, 0.3) is 0 Å². The molecular formula is C16H18ClNO2S. The first-order valence-electron chi connectivity index (χ1n) is 6.79. The van der Waals surface area contributed by atoms with E-state index in [9.17, 15) is 8.42 Å². The Kier molecular flexibility index (Phi) is 5.39. The SMILES string of the molecule is CC[C@@H](NS(=O)(=O)Cc1cccc(Cl)c1)c1ccccc1. The molecule has 5 heteroatoms. The number of benzene rings is 2. The van der Waals surface area contributed by atoms with Gasteiger partial charge in [-0.1, -0.05) is 61.0 Å². The van der Waals surface area contributed by atoms with E-state index in [4.69, 9.17) is 11.6 Å².